The number of halogens is 1. The van der Waals surface area contributed by atoms with Gasteiger partial charge in [-0.05, 0) is 20.3 Å². The highest BCUT2D eigenvalue weighted by molar-refractivity contribution is 14.0. The van der Waals surface area contributed by atoms with Crippen molar-refractivity contribution in [2.24, 2.45) is 10.9 Å². The third kappa shape index (κ3) is 5.93. The van der Waals surface area contributed by atoms with Gasteiger partial charge in [-0.2, -0.15) is 0 Å². The lowest BCUT2D eigenvalue weighted by Crippen LogP contribution is -2.40. The fourth-order valence-corrected chi connectivity index (χ4v) is 3.20. The lowest BCUT2D eigenvalue weighted by molar-refractivity contribution is 0.157. The molecule has 1 aliphatic heterocycles. The highest BCUT2D eigenvalue weighted by Gasteiger charge is 2.24. The topological polar surface area (TPSA) is 62.9 Å². The van der Waals surface area contributed by atoms with Gasteiger partial charge in [0.1, 0.15) is 6.54 Å². The van der Waals surface area contributed by atoms with Gasteiger partial charge in [0.2, 0.25) is 5.89 Å². The van der Waals surface area contributed by atoms with Crippen molar-refractivity contribution in [1.29, 1.82) is 0 Å². The molecule has 3 rings (SSSR count). The molecule has 1 fully saturated rings. The molecule has 27 heavy (non-hydrogen) atoms. The predicted molar refractivity (Wildman–Crippen MR) is 118 cm³/mol. The molecule has 0 spiro atoms. The number of methoxy groups -OCH3 is 1. The average molecular weight is 484 g/mol. The Bertz CT molecular complexity index is 730. The van der Waals surface area contributed by atoms with E-state index in [1.165, 1.54) is 5.56 Å². The molecular formula is C20H29IN4O2. The fourth-order valence-electron chi connectivity index (χ4n) is 3.20. The van der Waals surface area contributed by atoms with E-state index in [1.807, 2.05) is 12.1 Å². The lowest BCUT2D eigenvalue weighted by Gasteiger charge is -2.21. The molecule has 1 aromatic heterocycles. The van der Waals surface area contributed by atoms with E-state index in [1.54, 1.807) is 13.3 Å². The van der Waals surface area contributed by atoms with Gasteiger partial charge in [-0.3, -0.25) is 0 Å². The zero-order valence-electron chi connectivity index (χ0n) is 16.3. The maximum absolute atomic E-state index is 5.88. The molecule has 6 nitrogen and oxygen atoms in total. The summed E-state index contributed by atoms with van der Waals surface area (Å²) in [7, 11) is 1.76. The maximum Gasteiger partial charge on any atom is 0.216 e. The normalized spacial score (nSPS) is 17.1. The summed E-state index contributed by atoms with van der Waals surface area (Å²) in [5, 5.41) is 3.37. The van der Waals surface area contributed by atoms with Crippen LogP contribution in [0, 0.1) is 12.8 Å². The minimum absolute atomic E-state index is 0. The number of aliphatic imine (C=N–C) groups is 1. The molecule has 7 heteroatoms. The Morgan fingerprint density at radius 3 is 2.85 bits per heavy atom. The number of hydrogen-bond acceptors (Lipinski definition) is 4. The van der Waals surface area contributed by atoms with Crippen molar-refractivity contribution >= 4 is 29.9 Å². The average Bonchev–Trinajstić information content (AvgIpc) is 3.29. The number of aromatic nitrogens is 1. The molecule has 0 radical (unpaired) electrons. The van der Waals surface area contributed by atoms with Crippen LogP contribution < -0.4 is 5.32 Å². The Kier molecular flexibility index (Phi) is 8.56. The second kappa shape index (κ2) is 10.7. The van der Waals surface area contributed by atoms with E-state index in [9.17, 15) is 0 Å². The third-order valence-corrected chi connectivity index (χ3v) is 4.58. The second-order valence-corrected chi connectivity index (χ2v) is 6.71. The minimum Gasteiger partial charge on any atom is -0.439 e. The van der Waals surface area contributed by atoms with Crippen LogP contribution in [0.3, 0.4) is 0 Å². The van der Waals surface area contributed by atoms with Crippen LogP contribution >= 0.6 is 24.0 Å². The molecule has 0 bridgehead atoms. The SMILES string of the molecule is CCNC(=NCc1ncc(-c2ccc(C)cc2)o1)N1CCC(COC)C1.I. The molecule has 2 heterocycles. The first-order valence-corrected chi connectivity index (χ1v) is 9.23. The molecule has 0 amide bonds. The standard InChI is InChI=1S/C20H28N4O2.HI/c1-4-21-20(24-10-9-16(13-24)14-25-3)23-12-19-22-11-18(26-19)17-7-5-15(2)6-8-17;/h5-8,11,16H,4,9-10,12-14H2,1-3H3,(H,21,23);1H. The first-order valence-electron chi connectivity index (χ1n) is 9.23. The Morgan fingerprint density at radius 2 is 2.15 bits per heavy atom. The smallest absolute Gasteiger partial charge is 0.216 e. The van der Waals surface area contributed by atoms with E-state index in [0.717, 1.165) is 49.9 Å². The lowest BCUT2D eigenvalue weighted by atomic mass is 10.1. The van der Waals surface area contributed by atoms with Gasteiger partial charge in [0.15, 0.2) is 11.7 Å². The van der Waals surface area contributed by atoms with Crippen LogP contribution in [0.4, 0.5) is 0 Å². The molecule has 1 atom stereocenters. The van der Waals surface area contributed by atoms with E-state index in [2.05, 4.69) is 41.2 Å². The Labute approximate surface area is 178 Å². The van der Waals surface area contributed by atoms with Gasteiger partial charge < -0.3 is 19.4 Å². The Balaban J connectivity index is 0.00000261. The van der Waals surface area contributed by atoms with Gasteiger partial charge in [-0.15, -0.1) is 24.0 Å². The number of likely N-dealkylation sites (tertiary alicyclic amines) is 1. The summed E-state index contributed by atoms with van der Waals surface area (Å²) >= 11 is 0. The van der Waals surface area contributed by atoms with Crippen LogP contribution in [0.5, 0.6) is 0 Å². The van der Waals surface area contributed by atoms with Crippen molar-refractivity contribution in [2.75, 3.05) is 33.4 Å². The summed E-state index contributed by atoms with van der Waals surface area (Å²) in [6.45, 7) is 8.20. The number of guanidine groups is 1. The molecule has 1 aromatic carbocycles. The molecule has 1 N–H and O–H groups in total. The zero-order chi connectivity index (χ0) is 18.4. The van der Waals surface area contributed by atoms with Crippen LogP contribution in [0.15, 0.2) is 39.9 Å². The number of rotatable bonds is 6. The van der Waals surface area contributed by atoms with E-state index in [4.69, 9.17) is 14.1 Å². The van der Waals surface area contributed by atoms with Crippen LogP contribution in [0.2, 0.25) is 0 Å². The second-order valence-electron chi connectivity index (χ2n) is 6.71. The molecule has 0 saturated carbocycles. The van der Waals surface area contributed by atoms with Crippen molar-refractivity contribution in [2.45, 2.75) is 26.8 Å². The van der Waals surface area contributed by atoms with Gasteiger partial charge in [-0.25, -0.2) is 9.98 Å². The summed E-state index contributed by atoms with van der Waals surface area (Å²) in [4.78, 5) is 11.4. The van der Waals surface area contributed by atoms with E-state index in [0.29, 0.717) is 18.4 Å². The van der Waals surface area contributed by atoms with Gasteiger partial charge in [-0.1, -0.05) is 29.8 Å². The summed E-state index contributed by atoms with van der Waals surface area (Å²) in [6.07, 6.45) is 2.90. The van der Waals surface area contributed by atoms with Gasteiger partial charge in [0.25, 0.3) is 0 Å². The van der Waals surface area contributed by atoms with Crippen LogP contribution in [0.1, 0.15) is 24.8 Å². The zero-order valence-corrected chi connectivity index (χ0v) is 18.6. The van der Waals surface area contributed by atoms with E-state index < -0.39 is 0 Å². The summed E-state index contributed by atoms with van der Waals surface area (Å²) in [6, 6.07) is 8.24. The van der Waals surface area contributed by atoms with Crippen LogP contribution in [-0.4, -0.2) is 49.2 Å². The van der Waals surface area contributed by atoms with E-state index >= 15 is 0 Å². The van der Waals surface area contributed by atoms with Crippen molar-refractivity contribution < 1.29 is 9.15 Å². The van der Waals surface area contributed by atoms with Crippen molar-refractivity contribution in [1.82, 2.24) is 15.2 Å². The number of hydrogen-bond donors (Lipinski definition) is 1. The number of ether oxygens (including phenoxy) is 1. The van der Waals surface area contributed by atoms with Gasteiger partial charge in [0, 0.05) is 38.2 Å². The van der Waals surface area contributed by atoms with Gasteiger partial charge >= 0.3 is 0 Å². The molecule has 1 unspecified atom stereocenters. The number of benzene rings is 1. The van der Waals surface area contributed by atoms with Crippen LogP contribution in [0.25, 0.3) is 11.3 Å². The maximum atomic E-state index is 5.88. The minimum atomic E-state index is 0. The molecule has 2 aromatic rings. The number of aryl methyl sites for hydroxylation is 1. The quantitative estimate of drug-likeness (QED) is 0.385. The molecule has 1 aliphatic rings. The van der Waals surface area contributed by atoms with Gasteiger partial charge in [0.05, 0.1) is 12.8 Å². The Morgan fingerprint density at radius 1 is 1.37 bits per heavy atom. The predicted octanol–water partition coefficient (Wildman–Crippen LogP) is 3.70. The molecular weight excluding hydrogens is 455 g/mol. The fraction of sp³-hybridized carbons (Fsp3) is 0.500. The first-order chi connectivity index (χ1) is 12.7. The monoisotopic (exact) mass is 484 g/mol. The molecule has 0 aliphatic carbocycles. The third-order valence-electron chi connectivity index (χ3n) is 4.58. The first kappa shape index (κ1) is 21.7. The van der Waals surface area contributed by atoms with E-state index in [-0.39, 0.29) is 24.0 Å². The van der Waals surface area contributed by atoms with Crippen molar-refractivity contribution in [3.63, 3.8) is 0 Å². The highest BCUT2D eigenvalue weighted by atomic mass is 127. The summed E-state index contributed by atoms with van der Waals surface area (Å²) in [5.74, 6) is 2.89. The summed E-state index contributed by atoms with van der Waals surface area (Å²) < 4.78 is 11.2. The largest absolute Gasteiger partial charge is 0.439 e. The van der Waals surface area contributed by atoms with Crippen molar-refractivity contribution in [3.8, 4) is 11.3 Å². The number of oxazole rings is 1. The molecule has 148 valence electrons. The number of nitrogens with zero attached hydrogens (tertiary/aromatic N) is 3. The number of nitrogens with one attached hydrogen (secondary N) is 1. The highest BCUT2D eigenvalue weighted by Crippen LogP contribution is 2.21. The summed E-state index contributed by atoms with van der Waals surface area (Å²) in [5.41, 5.74) is 2.26. The van der Waals surface area contributed by atoms with Crippen LogP contribution in [-0.2, 0) is 11.3 Å². The molecule has 1 saturated heterocycles. The van der Waals surface area contributed by atoms with Crippen molar-refractivity contribution in [3.05, 3.63) is 41.9 Å². The Hall–Kier alpha value is -1.61.